The summed E-state index contributed by atoms with van der Waals surface area (Å²) in [5.41, 5.74) is 0.589. The summed E-state index contributed by atoms with van der Waals surface area (Å²) < 4.78 is 0. The highest BCUT2D eigenvalue weighted by Crippen LogP contribution is 2.21. The van der Waals surface area contributed by atoms with Gasteiger partial charge in [-0.3, -0.25) is 0 Å². The molecule has 0 aromatic heterocycles. The molecular formula is C10H22N2. The molecule has 12 heavy (non-hydrogen) atoms. The van der Waals surface area contributed by atoms with Crippen LogP contribution >= 0.6 is 0 Å². The molecule has 0 aromatic rings. The molecule has 72 valence electrons. The molecule has 0 atom stereocenters. The quantitative estimate of drug-likeness (QED) is 0.656. The Labute approximate surface area is 76.1 Å². The minimum atomic E-state index is 0.254. The van der Waals surface area contributed by atoms with Crippen molar-refractivity contribution in [2.45, 2.75) is 51.6 Å². The molecule has 2 N–H and O–H groups in total. The summed E-state index contributed by atoms with van der Waals surface area (Å²) in [7, 11) is 0. The van der Waals surface area contributed by atoms with Crippen LogP contribution in [0.15, 0.2) is 0 Å². The Hall–Kier alpha value is -0.0800. The van der Waals surface area contributed by atoms with Crippen LogP contribution in [-0.2, 0) is 0 Å². The van der Waals surface area contributed by atoms with E-state index in [2.05, 4.69) is 38.3 Å². The van der Waals surface area contributed by atoms with Gasteiger partial charge in [0.15, 0.2) is 0 Å². The average Bonchev–Trinajstić information content (AvgIpc) is 2.02. The largest absolute Gasteiger partial charge is 0.313 e. The van der Waals surface area contributed by atoms with Gasteiger partial charge in [0.25, 0.3) is 0 Å². The lowest BCUT2D eigenvalue weighted by Crippen LogP contribution is -2.67. The molecule has 1 fully saturated rings. The van der Waals surface area contributed by atoms with Gasteiger partial charge in [-0.2, -0.15) is 0 Å². The van der Waals surface area contributed by atoms with Crippen LogP contribution in [0, 0.1) is 0 Å². The topological polar surface area (TPSA) is 24.1 Å². The highest BCUT2D eigenvalue weighted by Gasteiger charge is 2.35. The van der Waals surface area contributed by atoms with Crippen molar-refractivity contribution in [1.29, 1.82) is 0 Å². The first-order valence-corrected chi connectivity index (χ1v) is 5.04. The van der Waals surface area contributed by atoms with Crippen LogP contribution in [0.5, 0.6) is 0 Å². The number of hydrogen-bond acceptors (Lipinski definition) is 2. The Bertz CT molecular complexity index is 148. The fourth-order valence-electron chi connectivity index (χ4n) is 2.10. The Kier molecular flexibility index (Phi) is 2.79. The molecule has 2 heteroatoms. The molecule has 0 bridgehead atoms. The second kappa shape index (κ2) is 3.35. The molecule has 1 aliphatic heterocycles. The van der Waals surface area contributed by atoms with Crippen molar-refractivity contribution in [3.05, 3.63) is 0 Å². The van der Waals surface area contributed by atoms with Crippen LogP contribution in [-0.4, -0.2) is 24.2 Å². The van der Waals surface area contributed by atoms with Crippen LogP contribution in [0.3, 0.4) is 0 Å². The van der Waals surface area contributed by atoms with Crippen molar-refractivity contribution < 1.29 is 0 Å². The zero-order valence-electron chi connectivity index (χ0n) is 8.83. The van der Waals surface area contributed by atoms with Crippen LogP contribution in [0.1, 0.15) is 40.5 Å². The summed E-state index contributed by atoms with van der Waals surface area (Å²) in [6, 6.07) is 0. The van der Waals surface area contributed by atoms with Crippen molar-refractivity contribution in [3.63, 3.8) is 0 Å². The Morgan fingerprint density at radius 3 is 2.00 bits per heavy atom. The number of hydrogen-bond donors (Lipinski definition) is 2. The zero-order chi connectivity index (χ0) is 9.24. The van der Waals surface area contributed by atoms with E-state index in [0.717, 1.165) is 13.1 Å². The second-order valence-corrected chi connectivity index (χ2v) is 4.60. The van der Waals surface area contributed by atoms with Gasteiger partial charge in [-0.1, -0.05) is 13.8 Å². The predicted octanol–water partition coefficient (Wildman–Crippen LogP) is 1.52. The fraction of sp³-hybridized carbons (Fsp3) is 1.00. The summed E-state index contributed by atoms with van der Waals surface area (Å²) in [4.78, 5) is 0. The van der Waals surface area contributed by atoms with Crippen molar-refractivity contribution in [1.82, 2.24) is 10.6 Å². The van der Waals surface area contributed by atoms with E-state index in [1.165, 1.54) is 12.8 Å². The molecule has 0 aliphatic carbocycles. The van der Waals surface area contributed by atoms with Gasteiger partial charge in [-0.15, -0.1) is 0 Å². The summed E-state index contributed by atoms with van der Waals surface area (Å²) >= 11 is 0. The molecule has 0 saturated carbocycles. The molecule has 2 nitrogen and oxygen atoms in total. The molecule has 0 amide bonds. The van der Waals surface area contributed by atoms with Gasteiger partial charge in [0.1, 0.15) is 0 Å². The summed E-state index contributed by atoms with van der Waals surface area (Å²) in [5, 5.41) is 7.25. The van der Waals surface area contributed by atoms with Gasteiger partial charge >= 0.3 is 0 Å². The van der Waals surface area contributed by atoms with Gasteiger partial charge in [-0.25, -0.2) is 0 Å². The third kappa shape index (κ3) is 1.99. The van der Waals surface area contributed by atoms with Gasteiger partial charge in [0, 0.05) is 24.2 Å². The van der Waals surface area contributed by atoms with E-state index in [9.17, 15) is 0 Å². The highest BCUT2D eigenvalue weighted by molar-refractivity contribution is 4.99. The Morgan fingerprint density at radius 1 is 1.08 bits per heavy atom. The fourth-order valence-corrected chi connectivity index (χ4v) is 2.10. The molecular weight excluding hydrogens is 148 g/mol. The second-order valence-electron chi connectivity index (χ2n) is 4.60. The maximum Gasteiger partial charge on any atom is 0.0306 e. The van der Waals surface area contributed by atoms with E-state index in [1.807, 2.05) is 0 Å². The van der Waals surface area contributed by atoms with Crippen molar-refractivity contribution in [2.75, 3.05) is 13.1 Å². The van der Waals surface area contributed by atoms with Gasteiger partial charge in [0.05, 0.1) is 0 Å². The number of piperazine rings is 1. The number of rotatable bonds is 2. The molecule has 1 rings (SSSR count). The van der Waals surface area contributed by atoms with E-state index in [-0.39, 0.29) is 5.54 Å². The molecule has 0 aromatic carbocycles. The van der Waals surface area contributed by atoms with E-state index in [1.54, 1.807) is 0 Å². The first-order valence-electron chi connectivity index (χ1n) is 5.04. The van der Waals surface area contributed by atoms with Crippen LogP contribution in [0.4, 0.5) is 0 Å². The highest BCUT2D eigenvalue weighted by atomic mass is 15.2. The minimum Gasteiger partial charge on any atom is -0.313 e. The van der Waals surface area contributed by atoms with Gasteiger partial charge in [-0.05, 0) is 26.7 Å². The first kappa shape index (κ1) is 10.0. The smallest absolute Gasteiger partial charge is 0.0306 e. The Balaban J connectivity index is 2.65. The van der Waals surface area contributed by atoms with Crippen molar-refractivity contribution >= 4 is 0 Å². The van der Waals surface area contributed by atoms with Gasteiger partial charge < -0.3 is 10.6 Å². The SMILES string of the molecule is CCC1(CC)CNCC(C)(C)N1. The number of nitrogens with one attached hydrogen (secondary N) is 2. The maximum atomic E-state index is 3.74. The summed E-state index contributed by atoms with van der Waals surface area (Å²) in [6.07, 6.45) is 2.42. The van der Waals surface area contributed by atoms with Gasteiger partial charge in [0.2, 0.25) is 0 Å². The van der Waals surface area contributed by atoms with E-state index in [4.69, 9.17) is 0 Å². The van der Waals surface area contributed by atoms with Crippen molar-refractivity contribution in [3.8, 4) is 0 Å². The average molecular weight is 170 g/mol. The molecule has 0 spiro atoms. The minimum absolute atomic E-state index is 0.254. The molecule has 1 heterocycles. The predicted molar refractivity (Wildman–Crippen MR) is 53.4 cm³/mol. The normalized spacial score (nSPS) is 27.0. The lowest BCUT2D eigenvalue weighted by Gasteiger charge is -2.46. The monoisotopic (exact) mass is 170 g/mol. The molecule has 0 unspecified atom stereocenters. The third-order valence-corrected chi connectivity index (χ3v) is 2.99. The van der Waals surface area contributed by atoms with Crippen LogP contribution in [0.25, 0.3) is 0 Å². The van der Waals surface area contributed by atoms with Crippen LogP contribution in [0.2, 0.25) is 0 Å². The lowest BCUT2D eigenvalue weighted by molar-refractivity contribution is 0.160. The van der Waals surface area contributed by atoms with Crippen LogP contribution < -0.4 is 10.6 Å². The third-order valence-electron chi connectivity index (χ3n) is 2.99. The first-order chi connectivity index (χ1) is 5.54. The van der Waals surface area contributed by atoms with Crippen molar-refractivity contribution in [2.24, 2.45) is 0 Å². The zero-order valence-corrected chi connectivity index (χ0v) is 8.83. The molecule has 1 aliphatic rings. The standard InChI is InChI=1S/C10H22N2/c1-5-10(6-2)8-11-7-9(3,4)12-10/h11-12H,5-8H2,1-4H3. The molecule has 1 saturated heterocycles. The summed E-state index contributed by atoms with van der Waals surface area (Å²) in [5.74, 6) is 0. The Morgan fingerprint density at radius 2 is 1.67 bits per heavy atom. The lowest BCUT2D eigenvalue weighted by atomic mass is 9.86. The van der Waals surface area contributed by atoms with E-state index in [0.29, 0.717) is 5.54 Å². The maximum absolute atomic E-state index is 3.74. The summed E-state index contributed by atoms with van der Waals surface area (Å²) in [6.45, 7) is 11.2. The van der Waals surface area contributed by atoms with E-state index >= 15 is 0 Å². The molecule has 0 radical (unpaired) electrons. The van der Waals surface area contributed by atoms with E-state index < -0.39 is 0 Å².